The van der Waals surface area contributed by atoms with Crippen LogP contribution in [-0.4, -0.2) is 49.8 Å². The molecule has 1 amide bonds. The number of hydrogen-bond acceptors (Lipinski definition) is 8. The fourth-order valence-electron chi connectivity index (χ4n) is 5.29. The molecule has 0 saturated heterocycles. The number of hydrazine groups is 1. The number of anilines is 1. The van der Waals surface area contributed by atoms with E-state index in [1.54, 1.807) is 24.3 Å². The van der Waals surface area contributed by atoms with Gasteiger partial charge in [-0.25, -0.2) is 10.4 Å². The number of aliphatic hydroxyl groups is 1. The van der Waals surface area contributed by atoms with Gasteiger partial charge in [0.05, 0.1) is 6.61 Å². The zero-order chi connectivity index (χ0) is 33.2. The van der Waals surface area contributed by atoms with E-state index in [1.807, 2.05) is 91.8 Å². The Morgan fingerprint density at radius 3 is 2.49 bits per heavy atom. The average Bonchev–Trinajstić information content (AvgIpc) is 3.46. The maximum Gasteiger partial charge on any atom is 0.266 e. The van der Waals surface area contributed by atoms with Crippen LogP contribution in [0, 0.1) is 0 Å². The summed E-state index contributed by atoms with van der Waals surface area (Å²) in [7, 11) is 3.96. The Hall–Kier alpha value is -4.87. The lowest BCUT2D eigenvalue weighted by Gasteiger charge is -2.31. The molecule has 0 fully saturated rings. The van der Waals surface area contributed by atoms with Crippen LogP contribution in [0.15, 0.2) is 112 Å². The highest BCUT2D eigenvalue weighted by Gasteiger charge is 2.54. The molecular formula is C35H36BrN7O4. The van der Waals surface area contributed by atoms with Gasteiger partial charge in [-0.2, -0.15) is 0 Å². The number of ether oxygens (including phenoxy) is 2. The SMILES string of the molecule is CN(C)c1ccc(CNNC(=O)[C@@]2(Cc3ccccc3N=[N+]=[N-])N=C(c3ccc(OCCCO)cc3)O[C@H]2c2ccccc2Br)cc1. The highest BCUT2D eigenvalue weighted by Crippen LogP contribution is 2.45. The van der Waals surface area contributed by atoms with E-state index >= 15 is 0 Å². The molecule has 5 rings (SSSR count). The minimum absolute atomic E-state index is 0.0453. The van der Waals surface area contributed by atoms with Crippen LogP contribution in [0.25, 0.3) is 10.4 Å². The summed E-state index contributed by atoms with van der Waals surface area (Å²) in [6.45, 7) is 0.807. The van der Waals surface area contributed by atoms with Crippen molar-refractivity contribution in [3.8, 4) is 5.75 Å². The smallest absolute Gasteiger partial charge is 0.266 e. The Bertz CT molecular complexity index is 1760. The van der Waals surface area contributed by atoms with Gasteiger partial charge in [0.1, 0.15) is 5.75 Å². The van der Waals surface area contributed by atoms with Gasteiger partial charge in [-0.3, -0.25) is 10.2 Å². The van der Waals surface area contributed by atoms with Gasteiger partial charge in [0.2, 0.25) is 5.90 Å². The number of hydrogen-bond donors (Lipinski definition) is 3. The lowest BCUT2D eigenvalue weighted by molar-refractivity contribution is -0.130. The fourth-order valence-corrected chi connectivity index (χ4v) is 5.78. The molecule has 11 nitrogen and oxygen atoms in total. The summed E-state index contributed by atoms with van der Waals surface area (Å²) < 4.78 is 13.1. The molecule has 1 aliphatic rings. The lowest BCUT2D eigenvalue weighted by atomic mass is 9.81. The van der Waals surface area contributed by atoms with E-state index < -0.39 is 17.6 Å². The van der Waals surface area contributed by atoms with Gasteiger partial charge in [-0.15, -0.1) is 0 Å². The third-order valence-corrected chi connectivity index (χ3v) is 8.49. The van der Waals surface area contributed by atoms with Gasteiger partial charge >= 0.3 is 0 Å². The Labute approximate surface area is 282 Å². The Morgan fingerprint density at radius 1 is 1.06 bits per heavy atom. The molecule has 12 heteroatoms. The van der Waals surface area contributed by atoms with Crippen LogP contribution in [0.3, 0.4) is 0 Å². The monoisotopic (exact) mass is 697 g/mol. The standard InChI is InChI=1S/C35H36BrN7O4/c1-43(2)27-16-12-24(13-17-27)23-38-41-34(45)35(22-26-8-3-6-11-31(26)40-42-37)32(29-9-4-5-10-30(29)36)47-33(39-35)25-14-18-28(19-15-25)46-21-7-20-44/h3-6,8-19,32,38,44H,7,20-23H2,1-2H3,(H,41,45)/t32-,35-/m0/s1. The van der Waals surface area contributed by atoms with Crippen molar-refractivity contribution in [2.45, 2.75) is 31.0 Å². The predicted octanol–water partition coefficient (Wildman–Crippen LogP) is 6.54. The minimum Gasteiger partial charge on any atom is -0.494 e. The molecule has 0 aliphatic carbocycles. The zero-order valence-corrected chi connectivity index (χ0v) is 27.7. The lowest BCUT2D eigenvalue weighted by Crippen LogP contribution is -2.53. The van der Waals surface area contributed by atoms with E-state index in [9.17, 15) is 10.3 Å². The second-order valence-electron chi connectivity index (χ2n) is 11.2. The van der Waals surface area contributed by atoms with Crippen LogP contribution in [0.5, 0.6) is 5.75 Å². The summed E-state index contributed by atoms with van der Waals surface area (Å²) >= 11 is 3.66. The molecule has 4 aromatic rings. The van der Waals surface area contributed by atoms with Crippen molar-refractivity contribution in [1.82, 2.24) is 10.9 Å². The van der Waals surface area contributed by atoms with Crippen molar-refractivity contribution in [1.29, 1.82) is 0 Å². The van der Waals surface area contributed by atoms with Gasteiger partial charge in [-0.1, -0.05) is 75.6 Å². The molecule has 2 atom stereocenters. The first-order chi connectivity index (χ1) is 22.8. The number of nitrogens with one attached hydrogen (secondary N) is 2. The van der Waals surface area contributed by atoms with Crippen LogP contribution in [-0.2, 0) is 22.5 Å². The van der Waals surface area contributed by atoms with E-state index in [4.69, 9.17) is 19.6 Å². The Kier molecular flexibility index (Phi) is 11.1. The second-order valence-corrected chi connectivity index (χ2v) is 12.0. The molecule has 0 spiro atoms. The number of carbonyl (C=O) groups is 1. The third-order valence-electron chi connectivity index (χ3n) is 7.77. The highest BCUT2D eigenvalue weighted by atomic mass is 79.9. The number of nitrogens with zero attached hydrogens (tertiary/aromatic N) is 5. The highest BCUT2D eigenvalue weighted by molar-refractivity contribution is 9.10. The summed E-state index contributed by atoms with van der Waals surface area (Å²) in [4.78, 5) is 24.6. The van der Waals surface area contributed by atoms with Crippen LogP contribution in [0.4, 0.5) is 11.4 Å². The first-order valence-electron chi connectivity index (χ1n) is 15.1. The largest absolute Gasteiger partial charge is 0.494 e. The molecule has 1 heterocycles. The summed E-state index contributed by atoms with van der Waals surface area (Å²) in [5.41, 5.74) is 18.2. The number of aliphatic imine (C=N–C) groups is 1. The molecule has 0 radical (unpaired) electrons. The first-order valence-corrected chi connectivity index (χ1v) is 15.9. The number of azide groups is 1. The van der Waals surface area contributed by atoms with E-state index in [0.717, 1.165) is 21.3 Å². The van der Waals surface area contributed by atoms with Crippen LogP contribution in [0.2, 0.25) is 0 Å². The molecule has 242 valence electrons. The van der Waals surface area contributed by atoms with Crippen molar-refractivity contribution >= 4 is 39.1 Å². The minimum atomic E-state index is -1.52. The summed E-state index contributed by atoms with van der Waals surface area (Å²) in [5, 5.41) is 13.0. The quantitative estimate of drug-likeness (QED) is 0.0449. The summed E-state index contributed by atoms with van der Waals surface area (Å²) in [6, 6.07) is 30.0. The van der Waals surface area contributed by atoms with Gasteiger partial charge in [-0.05, 0) is 59.1 Å². The fraction of sp³-hybridized carbons (Fsp3) is 0.257. The van der Waals surface area contributed by atoms with Crippen LogP contribution < -0.4 is 20.5 Å². The van der Waals surface area contributed by atoms with Gasteiger partial charge in [0.25, 0.3) is 5.91 Å². The molecule has 1 aliphatic heterocycles. The van der Waals surface area contributed by atoms with Gasteiger partial charge in [0, 0.05) is 72.0 Å². The van der Waals surface area contributed by atoms with Crippen molar-refractivity contribution in [3.05, 3.63) is 134 Å². The van der Waals surface area contributed by atoms with Crippen molar-refractivity contribution in [3.63, 3.8) is 0 Å². The number of amides is 1. The normalized spacial score (nSPS) is 16.9. The number of benzene rings is 4. The third kappa shape index (κ3) is 7.93. The number of rotatable bonds is 14. The van der Waals surface area contributed by atoms with E-state index in [2.05, 4.69) is 36.8 Å². The van der Waals surface area contributed by atoms with E-state index in [0.29, 0.717) is 42.1 Å². The maximum absolute atomic E-state index is 14.5. The second kappa shape index (κ2) is 15.6. The molecule has 4 aromatic carbocycles. The molecular weight excluding hydrogens is 662 g/mol. The van der Waals surface area contributed by atoms with Crippen LogP contribution in [0.1, 0.15) is 34.8 Å². The van der Waals surface area contributed by atoms with Gasteiger partial charge in [0.15, 0.2) is 11.6 Å². The Morgan fingerprint density at radius 2 is 1.79 bits per heavy atom. The average molecular weight is 699 g/mol. The molecule has 3 N–H and O–H groups in total. The van der Waals surface area contributed by atoms with Crippen molar-refractivity contribution in [2.24, 2.45) is 10.1 Å². The number of halogens is 1. The molecule has 0 unspecified atom stereocenters. The molecule has 0 saturated carbocycles. The molecule has 0 aromatic heterocycles. The predicted molar refractivity (Wildman–Crippen MR) is 186 cm³/mol. The zero-order valence-electron chi connectivity index (χ0n) is 26.1. The van der Waals surface area contributed by atoms with E-state index in [1.165, 1.54) is 0 Å². The van der Waals surface area contributed by atoms with Crippen molar-refractivity contribution < 1.29 is 19.4 Å². The first kappa shape index (κ1) is 33.5. The number of carbonyl (C=O) groups excluding carboxylic acids is 1. The van der Waals surface area contributed by atoms with Crippen LogP contribution >= 0.6 is 15.9 Å². The van der Waals surface area contributed by atoms with Crippen molar-refractivity contribution in [2.75, 3.05) is 32.2 Å². The Balaban J connectivity index is 1.54. The molecule has 0 bridgehead atoms. The maximum atomic E-state index is 14.5. The summed E-state index contributed by atoms with van der Waals surface area (Å²) in [5.74, 6) is 0.500. The molecule has 47 heavy (non-hydrogen) atoms. The topological polar surface area (TPSA) is 144 Å². The summed E-state index contributed by atoms with van der Waals surface area (Å²) in [6.07, 6.45) is -0.255. The number of aliphatic hydroxyl groups excluding tert-OH is 1. The van der Waals surface area contributed by atoms with E-state index in [-0.39, 0.29) is 18.9 Å². The van der Waals surface area contributed by atoms with Gasteiger partial charge < -0.3 is 19.5 Å².